The highest BCUT2D eigenvalue weighted by Gasteiger charge is 2.32. The number of hydrogen-bond donors (Lipinski definition) is 0. The van der Waals surface area contributed by atoms with Crippen LogP contribution in [0.25, 0.3) is 39.2 Å². The van der Waals surface area contributed by atoms with E-state index in [9.17, 15) is 0 Å². The molecule has 0 radical (unpaired) electrons. The van der Waals surface area contributed by atoms with Gasteiger partial charge in [0.2, 0.25) is 5.89 Å². The molecule has 0 aliphatic heterocycles. The smallest absolute Gasteiger partial charge is 0.295 e. The number of oxazole rings is 1. The van der Waals surface area contributed by atoms with E-state index in [4.69, 9.17) is 9.40 Å². The monoisotopic (exact) mass is 480 g/mol. The van der Waals surface area contributed by atoms with E-state index in [-0.39, 0.29) is 5.41 Å². The predicted octanol–water partition coefficient (Wildman–Crippen LogP) is 8.12. The average Bonchev–Trinajstić information content (AvgIpc) is 3.36. The lowest BCUT2D eigenvalue weighted by molar-refractivity contribution is -0.633. The summed E-state index contributed by atoms with van der Waals surface area (Å²) in [6, 6.07) is 19.8. The molecule has 0 aliphatic rings. The molecule has 0 amide bonds. The van der Waals surface area contributed by atoms with Crippen LogP contribution in [0.15, 0.2) is 59.0 Å². The fraction of sp³-hybridized carbons (Fsp3) is 0.375. The van der Waals surface area contributed by atoms with Crippen LogP contribution in [0.4, 0.5) is 0 Å². The van der Waals surface area contributed by atoms with Crippen LogP contribution in [-0.2, 0) is 12.5 Å². The largest absolute Gasteiger partial charge is 0.440 e. The van der Waals surface area contributed by atoms with Crippen LogP contribution in [0.3, 0.4) is 0 Å². The third-order valence-electron chi connectivity index (χ3n) is 7.20. The predicted molar refractivity (Wildman–Crippen MR) is 149 cm³/mol. The molecule has 2 aromatic heterocycles. The molecule has 4 heteroatoms. The SMILES string of the molecule is Cc1cc2nc(C(C)(C)C)oc2cc1-c1n(-c2c(C(C)C)cccc2C(C)C)c2ccccc2[n+]1C. The molecule has 0 saturated heterocycles. The van der Waals surface area contributed by atoms with Gasteiger partial charge in [0.25, 0.3) is 5.82 Å². The summed E-state index contributed by atoms with van der Waals surface area (Å²) in [6.45, 7) is 17.7. The van der Waals surface area contributed by atoms with Gasteiger partial charge in [0.1, 0.15) is 11.2 Å². The normalized spacial score (nSPS) is 12.5. The van der Waals surface area contributed by atoms with Crippen molar-refractivity contribution in [1.82, 2.24) is 9.55 Å². The van der Waals surface area contributed by atoms with E-state index in [1.807, 2.05) is 0 Å². The zero-order valence-corrected chi connectivity index (χ0v) is 23.1. The maximum absolute atomic E-state index is 6.30. The Morgan fingerprint density at radius 3 is 2.14 bits per heavy atom. The lowest BCUT2D eigenvalue weighted by atomic mass is 9.92. The maximum atomic E-state index is 6.30. The second-order valence-corrected chi connectivity index (χ2v) is 11.7. The van der Waals surface area contributed by atoms with E-state index in [0.717, 1.165) is 28.4 Å². The Morgan fingerprint density at radius 1 is 0.889 bits per heavy atom. The van der Waals surface area contributed by atoms with Gasteiger partial charge in [-0.25, -0.2) is 9.55 Å². The van der Waals surface area contributed by atoms with Gasteiger partial charge in [-0.1, -0.05) is 78.8 Å². The minimum atomic E-state index is -0.144. The van der Waals surface area contributed by atoms with E-state index < -0.39 is 0 Å². The molecule has 2 heterocycles. The number of nitrogens with zero attached hydrogens (tertiary/aromatic N) is 3. The number of aryl methyl sites for hydroxylation is 2. The maximum Gasteiger partial charge on any atom is 0.295 e. The molecule has 36 heavy (non-hydrogen) atoms. The lowest BCUT2D eigenvalue weighted by Gasteiger charge is -2.18. The van der Waals surface area contributed by atoms with Crippen LogP contribution >= 0.6 is 0 Å². The van der Waals surface area contributed by atoms with Crippen molar-refractivity contribution in [3.05, 3.63) is 77.2 Å². The van der Waals surface area contributed by atoms with Crippen molar-refractivity contribution < 1.29 is 8.98 Å². The van der Waals surface area contributed by atoms with Crippen molar-refractivity contribution in [2.75, 3.05) is 0 Å². The Morgan fingerprint density at radius 2 is 1.53 bits per heavy atom. The highest BCUT2D eigenvalue weighted by Crippen LogP contribution is 2.38. The average molecular weight is 481 g/mol. The highest BCUT2D eigenvalue weighted by atomic mass is 16.3. The molecule has 0 N–H and O–H groups in total. The van der Waals surface area contributed by atoms with E-state index in [1.165, 1.54) is 33.4 Å². The Balaban J connectivity index is 1.92. The van der Waals surface area contributed by atoms with Crippen LogP contribution < -0.4 is 4.57 Å². The molecule has 3 aromatic carbocycles. The standard InChI is InChI=1S/C32H38N3O/c1-19(2)22-13-12-14-23(20(3)4)29(22)35-27-16-11-10-15-26(27)34(9)30(35)24-18-28-25(17-21(24)5)33-31(36-28)32(6,7)8/h10-20H,1-9H3/q+1. The molecule has 0 fully saturated rings. The summed E-state index contributed by atoms with van der Waals surface area (Å²) < 4.78 is 11.1. The Hall–Kier alpha value is -3.40. The van der Waals surface area contributed by atoms with Crippen LogP contribution in [0.1, 0.15) is 82.9 Å². The minimum absolute atomic E-state index is 0.144. The zero-order chi connectivity index (χ0) is 25.9. The Labute approximate surface area is 214 Å². The summed E-state index contributed by atoms with van der Waals surface area (Å²) in [5.41, 5.74) is 10.4. The number of rotatable bonds is 4. The van der Waals surface area contributed by atoms with Crippen molar-refractivity contribution in [1.29, 1.82) is 0 Å². The van der Waals surface area contributed by atoms with Gasteiger partial charge in [-0.15, -0.1) is 0 Å². The summed E-state index contributed by atoms with van der Waals surface area (Å²) in [5.74, 6) is 2.71. The van der Waals surface area contributed by atoms with Gasteiger partial charge in [0.05, 0.1) is 12.6 Å². The van der Waals surface area contributed by atoms with Crippen molar-refractivity contribution in [2.24, 2.45) is 7.05 Å². The summed E-state index contributed by atoms with van der Waals surface area (Å²) in [4.78, 5) is 4.82. The first-order valence-electron chi connectivity index (χ1n) is 13.0. The second kappa shape index (κ2) is 8.62. The van der Waals surface area contributed by atoms with Crippen molar-refractivity contribution in [3.8, 4) is 17.1 Å². The molecule has 5 rings (SSSR count). The van der Waals surface area contributed by atoms with Gasteiger partial charge >= 0.3 is 0 Å². The molecule has 0 aliphatic carbocycles. The van der Waals surface area contributed by atoms with Crippen LogP contribution in [0.2, 0.25) is 0 Å². The molecule has 0 saturated carbocycles. The number of hydrogen-bond acceptors (Lipinski definition) is 2. The summed E-state index contributed by atoms with van der Waals surface area (Å²) in [6.07, 6.45) is 0. The van der Waals surface area contributed by atoms with Gasteiger partial charge in [-0.3, -0.25) is 0 Å². The van der Waals surface area contributed by atoms with Gasteiger partial charge < -0.3 is 4.42 Å². The molecule has 4 nitrogen and oxygen atoms in total. The summed E-state index contributed by atoms with van der Waals surface area (Å²) in [7, 11) is 2.17. The summed E-state index contributed by atoms with van der Waals surface area (Å²) in [5, 5.41) is 0. The van der Waals surface area contributed by atoms with Gasteiger partial charge in [-0.2, -0.15) is 4.57 Å². The molecular formula is C32H38N3O+. The zero-order valence-electron chi connectivity index (χ0n) is 23.1. The number of benzene rings is 3. The molecule has 0 unspecified atom stereocenters. The van der Waals surface area contributed by atoms with E-state index in [1.54, 1.807) is 0 Å². The molecule has 5 aromatic rings. The van der Waals surface area contributed by atoms with E-state index in [2.05, 4.69) is 126 Å². The van der Waals surface area contributed by atoms with Crippen molar-refractivity contribution in [2.45, 2.75) is 72.6 Å². The van der Waals surface area contributed by atoms with Crippen molar-refractivity contribution in [3.63, 3.8) is 0 Å². The van der Waals surface area contributed by atoms with E-state index in [0.29, 0.717) is 11.8 Å². The number of fused-ring (bicyclic) bond motifs is 2. The highest BCUT2D eigenvalue weighted by molar-refractivity contribution is 5.85. The Kier molecular flexibility index (Phi) is 5.82. The van der Waals surface area contributed by atoms with Gasteiger partial charge in [0, 0.05) is 16.5 Å². The van der Waals surface area contributed by atoms with Gasteiger partial charge in [-0.05, 0) is 48.6 Å². The van der Waals surface area contributed by atoms with Crippen LogP contribution in [0, 0.1) is 6.92 Å². The first kappa shape index (κ1) is 24.3. The molecule has 0 bridgehead atoms. The topological polar surface area (TPSA) is 34.8 Å². The lowest BCUT2D eigenvalue weighted by Crippen LogP contribution is -2.30. The first-order valence-corrected chi connectivity index (χ1v) is 13.0. The molecule has 186 valence electrons. The third kappa shape index (κ3) is 3.84. The minimum Gasteiger partial charge on any atom is -0.440 e. The van der Waals surface area contributed by atoms with Crippen LogP contribution in [0.5, 0.6) is 0 Å². The quantitative estimate of drug-likeness (QED) is 0.243. The van der Waals surface area contributed by atoms with Gasteiger partial charge in [0.15, 0.2) is 16.6 Å². The second-order valence-electron chi connectivity index (χ2n) is 11.7. The molecule has 0 atom stereocenters. The molecular weight excluding hydrogens is 442 g/mol. The van der Waals surface area contributed by atoms with Crippen LogP contribution in [-0.4, -0.2) is 9.55 Å². The number of para-hydroxylation sites is 3. The first-order chi connectivity index (χ1) is 17.0. The number of aromatic nitrogens is 3. The fourth-order valence-corrected chi connectivity index (χ4v) is 5.25. The van der Waals surface area contributed by atoms with Crippen molar-refractivity contribution >= 4 is 22.1 Å². The Bertz CT molecular complexity index is 1570. The van der Waals surface area contributed by atoms with E-state index >= 15 is 0 Å². The number of imidazole rings is 1. The molecule has 0 spiro atoms. The summed E-state index contributed by atoms with van der Waals surface area (Å²) >= 11 is 0. The third-order valence-corrected chi connectivity index (χ3v) is 7.20. The fourth-order valence-electron chi connectivity index (χ4n) is 5.25.